The van der Waals surface area contributed by atoms with E-state index in [2.05, 4.69) is 10.6 Å². The van der Waals surface area contributed by atoms with E-state index in [0.29, 0.717) is 11.4 Å². The molecular weight excluding hydrogens is 394 g/mol. The van der Waals surface area contributed by atoms with Crippen molar-refractivity contribution in [3.05, 3.63) is 66.2 Å². The van der Waals surface area contributed by atoms with Crippen LogP contribution in [0.5, 0.6) is 0 Å². The van der Waals surface area contributed by atoms with Gasteiger partial charge in [-0.15, -0.1) is 11.8 Å². The van der Waals surface area contributed by atoms with Gasteiger partial charge in [0.05, 0.1) is 16.5 Å². The zero-order chi connectivity index (χ0) is 21.4. The maximum absolute atomic E-state index is 12.5. The van der Waals surface area contributed by atoms with Crippen molar-refractivity contribution in [1.82, 2.24) is 0 Å². The van der Waals surface area contributed by atoms with Crippen molar-refractivity contribution >= 4 is 46.8 Å². The fraction of sp³-hybridized carbons (Fsp3) is 0.100. The summed E-state index contributed by atoms with van der Waals surface area (Å²) in [5.41, 5.74) is 6.33. The number of hydrogen-bond donors (Lipinski definition) is 4. The summed E-state index contributed by atoms with van der Waals surface area (Å²) in [5.74, 6) is -2.75. The molecule has 0 aliphatic heterocycles. The minimum Gasteiger partial charge on any atom is -0.478 e. The Kier molecular flexibility index (Phi) is 7.55. The molecule has 1 atom stereocenters. The van der Waals surface area contributed by atoms with E-state index in [9.17, 15) is 19.2 Å². The number of hydrogen-bond acceptors (Lipinski definition) is 5. The van der Waals surface area contributed by atoms with Gasteiger partial charge in [-0.25, -0.2) is 4.79 Å². The minimum absolute atomic E-state index is 0.220. The number of anilines is 2. The summed E-state index contributed by atoms with van der Waals surface area (Å²) < 4.78 is 0. The monoisotopic (exact) mass is 413 g/mol. The summed E-state index contributed by atoms with van der Waals surface area (Å²) in [6, 6.07) is 13.2. The second kappa shape index (κ2) is 10.1. The molecular formula is C20H19N3O5S. The second-order valence-corrected chi connectivity index (χ2v) is 7.26. The molecule has 29 heavy (non-hydrogen) atoms. The van der Waals surface area contributed by atoms with Crippen molar-refractivity contribution in [2.24, 2.45) is 5.73 Å². The van der Waals surface area contributed by atoms with Crippen molar-refractivity contribution in [3.63, 3.8) is 0 Å². The standard InChI is InChI=1S/C20H19N3O5S/c1-12(20(28)23-16-8-3-2-7-15(16)19(21)27)29-14-6-4-5-13(11-14)22-17(24)9-10-18(25)26/h2-12H,1H3,(H2,21,27)(H,22,24)(H,23,28)(H,25,26)/b10-9+. The number of primary amides is 1. The van der Waals surface area contributed by atoms with Gasteiger partial charge in [-0.2, -0.15) is 0 Å². The largest absolute Gasteiger partial charge is 0.478 e. The molecule has 0 spiro atoms. The van der Waals surface area contributed by atoms with Crippen LogP contribution in [0.25, 0.3) is 0 Å². The van der Waals surface area contributed by atoms with E-state index < -0.39 is 23.0 Å². The van der Waals surface area contributed by atoms with Gasteiger partial charge in [-0.3, -0.25) is 14.4 Å². The zero-order valence-corrected chi connectivity index (χ0v) is 16.2. The molecule has 0 aromatic heterocycles. The van der Waals surface area contributed by atoms with Gasteiger partial charge >= 0.3 is 5.97 Å². The topological polar surface area (TPSA) is 139 Å². The van der Waals surface area contributed by atoms with E-state index in [1.54, 1.807) is 49.4 Å². The van der Waals surface area contributed by atoms with Gasteiger partial charge in [0.25, 0.3) is 5.91 Å². The lowest BCUT2D eigenvalue weighted by molar-refractivity contribution is -0.131. The number of nitrogens with one attached hydrogen (secondary N) is 2. The maximum atomic E-state index is 12.5. The average molecular weight is 413 g/mol. The summed E-state index contributed by atoms with van der Waals surface area (Å²) >= 11 is 1.25. The molecule has 9 heteroatoms. The van der Waals surface area contributed by atoms with Gasteiger partial charge in [0.1, 0.15) is 0 Å². The Labute approximate surface area is 171 Å². The van der Waals surface area contributed by atoms with Gasteiger partial charge in [-0.1, -0.05) is 18.2 Å². The number of amides is 3. The highest BCUT2D eigenvalue weighted by molar-refractivity contribution is 8.00. The SMILES string of the molecule is CC(Sc1cccc(NC(=O)/C=C/C(=O)O)c1)C(=O)Nc1ccccc1C(N)=O. The molecule has 150 valence electrons. The molecule has 1 unspecified atom stereocenters. The highest BCUT2D eigenvalue weighted by Crippen LogP contribution is 2.27. The van der Waals surface area contributed by atoms with E-state index in [0.717, 1.165) is 17.0 Å². The van der Waals surface area contributed by atoms with E-state index in [-0.39, 0.29) is 11.5 Å². The van der Waals surface area contributed by atoms with Crippen LogP contribution in [0, 0.1) is 0 Å². The first-order valence-corrected chi connectivity index (χ1v) is 9.32. The first-order chi connectivity index (χ1) is 13.8. The Bertz CT molecular complexity index is 974. The Balaban J connectivity index is 2.02. The average Bonchev–Trinajstić information content (AvgIpc) is 2.67. The maximum Gasteiger partial charge on any atom is 0.328 e. The van der Waals surface area contributed by atoms with Crippen LogP contribution >= 0.6 is 11.8 Å². The molecule has 0 radical (unpaired) electrons. The van der Waals surface area contributed by atoms with Crippen LogP contribution < -0.4 is 16.4 Å². The van der Waals surface area contributed by atoms with E-state index in [1.165, 1.54) is 17.8 Å². The number of carboxylic acid groups (broad SMARTS) is 1. The van der Waals surface area contributed by atoms with Crippen molar-refractivity contribution in [2.75, 3.05) is 10.6 Å². The van der Waals surface area contributed by atoms with Crippen LogP contribution in [0.1, 0.15) is 17.3 Å². The summed E-state index contributed by atoms with van der Waals surface area (Å²) in [6.45, 7) is 1.70. The molecule has 2 aromatic carbocycles. The molecule has 0 bridgehead atoms. The zero-order valence-electron chi connectivity index (χ0n) is 15.4. The predicted molar refractivity (Wildman–Crippen MR) is 111 cm³/mol. The van der Waals surface area contributed by atoms with Crippen LogP contribution in [0.4, 0.5) is 11.4 Å². The minimum atomic E-state index is -1.22. The third-order valence-corrected chi connectivity index (χ3v) is 4.71. The molecule has 8 nitrogen and oxygen atoms in total. The van der Waals surface area contributed by atoms with Crippen molar-refractivity contribution < 1.29 is 24.3 Å². The number of thioether (sulfide) groups is 1. The normalized spacial score (nSPS) is 11.6. The highest BCUT2D eigenvalue weighted by Gasteiger charge is 2.17. The van der Waals surface area contributed by atoms with Crippen molar-refractivity contribution in [2.45, 2.75) is 17.1 Å². The smallest absolute Gasteiger partial charge is 0.328 e. The molecule has 0 aliphatic carbocycles. The van der Waals surface area contributed by atoms with Crippen LogP contribution in [0.2, 0.25) is 0 Å². The lowest BCUT2D eigenvalue weighted by Crippen LogP contribution is -2.24. The van der Waals surface area contributed by atoms with Crippen LogP contribution in [-0.2, 0) is 14.4 Å². The molecule has 0 aliphatic rings. The van der Waals surface area contributed by atoms with Crippen LogP contribution in [0.15, 0.2) is 65.6 Å². The number of para-hydroxylation sites is 1. The van der Waals surface area contributed by atoms with Crippen molar-refractivity contribution in [3.8, 4) is 0 Å². The molecule has 2 rings (SSSR count). The lowest BCUT2D eigenvalue weighted by atomic mass is 10.1. The summed E-state index contributed by atoms with van der Waals surface area (Å²) in [4.78, 5) is 46.8. The van der Waals surface area contributed by atoms with Crippen LogP contribution in [0.3, 0.4) is 0 Å². The third-order valence-electron chi connectivity index (χ3n) is 3.61. The lowest BCUT2D eigenvalue weighted by Gasteiger charge is -2.14. The number of carbonyl (C=O) groups is 4. The predicted octanol–water partition coefficient (Wildman–Crippen LogP) is 2.48. The summed E-state index contributed by atoms with van der Waals surface area (Å²) in [5, 5.41) is 13.3. The van der Waals surface area contributed by atoms with Gasteiger partial charge in [-0.05, 0) is 37.3 Å². The number of benzene rings is 2. The van der Waals surface area contributed by atoms with Gasteiger partial charge in [0.2, 0.25) is 11.8 Å². The number of carbonyl (C=O) groups excluding carboxylic acids is 3. The molecule has 0 saturated carbocycles. The number of aliphatic carboxylic acids is 1. The summed E-state index contributed by atoms with van der Waals surface area (Å²) in [6.07, 6.45) is 1.65. The molecule has 0 fully saturated rings. The van der Waals surface area contributed by atoms with Gasteiger partial charge < -0.3 is 21.5 Å². The second-order valence-electron chi connectivity index (χ2n) is 5.85. The van der Waals surface area contributed by atoms with E-state index in [1.807, 2.05) is 0 Å². The quantitative estimate of drug-likeness (QED) is 0.387. The first-order valence-electron chi connectivity index (χ1n) is 8.44. The van der Waals surface area contributed by atoms with Gasteiger partial charge in [0.15, 0.2) is 0 Å². The fourth-order valence-corrected chi connectivity index (χ4v) is 3.20. The highest BCUT2D eigenvalue weighted by atomic mass is 32.2. The Morgan fingerprint density at radius 2 is 1.76 bits per heavy atom. The molecule has 3 amide bonds. The first kappa shape index (κ1) is 21.7. The Hall–Kier alpha value is -3.59. The molecule has 2 aromatic rings. The number of nitrogens with two attached hydrogens (primary N) is 1. The number of rotatable bonds is 8. The fourth-order valence-electron chi connectivity index (χ4n) is 2.28. The molecule has 0 heterocycles. The third kappa shape index (κ3) is 6.82. The summed E-state index contributed by atoms with van der Waals surface area (Å²) in [7, 11) is 0. The molecule has 5 N–H and O–H groups in total. The van der Waals surface area contributed by atoms with Crippen LogP contribution in [-0.4, -0.2) is 34.0 Å². The van der Waals surface area contributed by atoms with Crippen molar-refractivity contribution in [1.29, 1.82) is 0 Å². The Morgan fingerprint density at radius 1 is 1.03 bits per heavy atom. The van der Waals surface area contributed by atoms with E-state index in [4.69, 9.17) is 10.8 Å². The Morgan fingerprint density at radius 3 is 2.45 bits per heavy atom. The number of carboxylic acids is 1. The van der Waals surface area contributed by atoms with E-state index >= 15 is 0 Å². The van der Waals surface area contributed by atoms with Gasteiger partial charge in [0, 0.05) is 22.7 Å². The molecule has 0 saturated heterocycles.